The summed E-state index contributed by atoms with van der Waals surface area (Å²) >= 11 is 1.58. The molecule has 0 aliphatic heterocycles. The first-order chi connectivity index (χ1) is 16.4. The fourth-order valence-corrected chi connectivity index (χ4v) is 4.52. The Morgan fingerprint density at radius 1 is 1.15 bits per heavy atom. The Labute approximate surface area is 204 Å². The first kappa shape index (κ1) is 23.7. The Bertz CT molecular complexity index is 1270. The van der Waals surface area contributed by atoms with Crippen molar-refractivity contribution in [3.05, 3.63) is 76.6 Å². The van der Waals surface area contributed by atoms with Crippen LogP contribution in [-0.2, 0) is 6.54 Å². The normalized spacial score (nSPS) is 11.1. The van der Waals surface area contributed by atoms with Crippen molar-refractivity contribution in [3.63, 3.8) is 0 Å². The van der Waals surface area contributed by atoms with Gasteiger partial charge in [-0.25, -0.2) is 4.98 Å². The van der Waals surface area contributed by atoms with Crippen LogP contribution in [0, 0.1) is 19.8 Å². The molecule has 4 aromatic rings. The van der Waals surface area contributed by atoms with Crippen molar-refractivity contribution in [2.45, 2.75) is 34.2 Å². The second-order valence-electron chi connectivity index (χ2n) is 8.79. The Morgan fingerprint density at radius 3 is 2.56 bits per heavy atom. The summed E-state index contributed by atoms with van der Waals surface area (Å²) in [6.07, 6.45) is 1.85. The molecular weight excluding hydrogens is 444 g/mol. The van der Waals surface area contributed by atoms with Crippen molar-refractivity contribution in [1.82, 2.24) is 19.9 Å². The molecule has 3 aromatic heterocycles. The van der Waals surface area contributed by atoms with Crippen LogP contribution in [0.15, 0.2) is 54.0 Å². The molecule has 4 rings (SSSR count). The molecule has 0 fully saturated rings. The third kappa shape index (κ3) is 5.20. The lowest BCUT2D eigenvalue weighted by atomic mass is 10.2. The minimum Gasteiger partial charge on any atom is -0.497 e. The number of benzene rings is 1. The fourth-order valence-electron chi connectivity index (χ4n) is 3.71. The smallest absolute Gasteiger partial charge is 0.253 e. The minimum atomic E-state index is -0.0564. The maximum Gasteiger partial charge on any atom is 0.253 e. The molecule has 6 nitrogen and oxygen atoms in total. The maximum absolute atomic E-state index is 13.0. The van der Waals surface area contributed by atoms with Crippen LogP contribution < -0.4 is 10.1 Å². The number of carbonyl (C=O) groups excluding carboxylic acids is 1. The van der Waals surface area contributed by atoms with Crippen LogP contribution in [0.1, 0.15) is 41.2 Å². The molecule has 0 bridgehead atoms. The second-order valence-corrected chi connectivity index (χ2v) is 9.65. The predicted octanol–water partition coefficient (Wildman–Crippen LogP) is 5.73. The van der Waals surface area contributed by atoms with Crippen LogP contribution in [0.25, 0.3) is 22.0 Å². The van der Waals surface area contributed by atoms with E-state index in [-0.39, 0.29) is 5.91 Å². The van der Waals surface area contributed by atoms with Crippen molar-refractivity contribution in [2.75, 3.05) is 13.7 Å². The van der Waals surface area contributed by atoms with Gasteiger partial charge in [-0.05, 0) is 55.7 Å². The maximum atomic E-state index is 13.0. The van der Waals surface area contributed by atoms with Gasteiger partial charge >= 0.3 is 0 Å². The van der Waals surface area contributed by atoms with Crippen LogP contribution >= 0.6 is 11.3 Å². The highest BCUT2D eigenvalue weighted by molar-refractivity contribution is 7.13. The summed E-state index contributed by atoms with van der Waals surface area (Å²) in [6.45, 7) is 9.40. The molecule has 0 saturated carbocycles. The number of thiazole rings is 1. The molecule has 1 aromatic carbocycles. The summed E-state index contributed by atoms with van der Waals surface area (Å²) in [5.74, 6) is 1.14. The molecule has 0 radical (unpaired) electrons. The van der Waals surface area contributed by atoms with Gasteiger partial charge in [0.15, 0.2) is 0 Å². The molecule has 176 valence electrons. The van der Waals surface area contributed by atoms with E-state index in [4.69, 9.17) is 9.72 Å². The third-order valence-electron chi connectivity index (χ3n) is 5.71. The second kappa shape index (κ2) is 10.2. The van der Waals surface area contributed by atoms with Gasteiger partial charge in [-0.15, -0.1) is 11.3 Å². The summed E-state index contributed by atoms with van der Waals surface area (Å²) in [5.41, 5.74) is 6.44. The number of nitrogens with one attached hydrogen (secondary N) is 1. The molecule has 0 saturated heterocycles. The summed E-state index contributed by atoms with van der Waals surface area (Å²) in [5, 5.41) is 6.00. The summed E-state index contributed by atoms with van der Waals surface area (Å²) < 4.78 is 7.46. The average molecular weight is 475 g/mol. The fraction of sp³-hybridized carbons (Fsp3) is 0.296. The molecule has 1 N–H and O–H groups in total. The molecule has 0 aliphatic carbocycles. The first-order valence-corrected chi connectivity index (χ1v) is 12.2. The van der Waals surface area contributed by atoms with Gasteiger partial charge < -0.3 is 14.6 Å². The van der Waals surface area contributed by atoms with E-state index in [0.717, 1.165) is 44.7 Å². The zero-order chi connectivity index (χ0) is 24.2. The number of methoxy groups -OCH3 is 1. The molecule has 7 heteroatoms. The van der Waals surface area contributed by atoms with Crippen molar-refractivity contribution in [2.24, 2.45) is 5.92 Å². The van der Waals surface area contributed by atoms with E-state index in [2.05, 4.69) is 28.7 Å². The molecule has 1 amide bonds. The number of carbonyl (C=O) groups is 1. The van der Waals surface area contributed by atoms with Crippen LogP contribution in [0.3, 0.4) is 0 Å². The molecule has 3 heterocycles. The Kier molecular flexibility index (Phi) is 7.12. The number of hydrogen-bond donors (Lipinski definition) is 1. The van der Waals surface area contributed by atoms with Gasteiger partial charge in [-0.3, -0.25) is 9.78 Å². The Morgan fingerprint density at radius 2 is 1.91 bits per heavy atom. The standard InChI is InChI=1S/C27H30N4O2S/c1-17(2)13-29-26(32)23-12-25(24-16-34-27(30-24)21-9-6-18(3)28-14-21)31(19(23)4)15-20-7-10-22(33-5)11-8-20/h6-12,14,16-17H,13,15H2,1-5H3,(H,29,32). The summed E-state index contributed by atoms with van der Waals surface area (Å²) in [7, 11) is 1.66. The minimum absolute atomic E-state index is 0.0564. The van der Waals surface area contributed by atoms with Crippen molar-refractivity contribution in [1.29, 1.82) is 0 Å². The van der Waals surface area contributed by atoms with Crippen LogP contribution in [0.4, 0.5) is 0 Å². The molecule has 0 aliphatic rings. The number of aryl methyl sites for hydroxylation is 1. The molecular formula is C27H30N4O2S. The van der Waals surface area contributed by atoms with E-state index in [0.29, 0.717) is 24.6 Å². The largest absolute Gasteiger partial charge is 0.497 e. The van der Waals surface area contributed by atoms with E-state index in [1.165, 1.54) is 0 Å². The molecule has 0 spiro atoms. The predicted molar refractivity (Wildman–Crippen MR) is 138 cm³/mol. The summed E-state index contributed by atoms with van der Waals surface area (Å²) in [4.78, 5) is 22.3. The first-order valence-electron chi connectivity index (χ1n) is 11.4. The SMILES string of the molecule is COc1ccc(Cn2c(-c3csc(-c4ccc(C)nc4)n3)cc(C(=O)NCC(C)C)c2C)cc1. The number of nitrogens with zero attached hydrogens (tertiary/aromatic N) is 3. The van der Waals surface area contributed by atoms with E-state index >= 15 is 0 Å². The summed E-state index contributed by atoms with van der Waals surface area (Å²) in [6, 6.07) is 14.0. The number of hydrogen-bond acceptors (Lipinski definition) is 5. The van der Waals surface area contributed by atoms with Gasteiger partial charge in [0, 0.05) is 41.6 Å². The van der Waals surface area contributed by atoms with E-state index < -0.39 is 0 Å². The van der Waals surface area contributed by atoms with Crippen molar-refractivity contribution in [3.8, 4) is 27.7 Å². The zero-order valence-corrected chi connectivity index (χ0v) is 21.1. The monoisotopic (exact) mass is 474 g/mol. The Balaban J connectivity index is 1.73. The number of ether oxygens (including phenoxy) is 1. The van der Waals surface area contributed by atoms with Crippen molar-refractivity contribution < 1.29 is 9.53 Å². The van der Waals surface area contributed by atoms with Gasteiger partial charge in [0.25, 0.3) is 5.91 Å². The van der Waals surface area contributed by atoms with Crippen molar-refractivity contribution >= 4 is 17.2 Å². The van der Waals surface area contributed by atoms with E-state index in [9.17, 15) is 4.79 Å². The number of rotatable bonds is 8. The molecule has 34 heavy (non-hydrogen) atoms. The number of amides is 1. The lowest BCUT2D eigenvalue weighted by molar-refractivity contribution is 0.0948. The van der Waals surface area contributed by atoms with Gasteiger partial charge in [0.05, 0.1) is 24.1 Å². The van der Waals surface area contributed by atoms with Crippen LogP contribution in [-0.4, -0.2) is 34.1 Å². The van der Waals surface area contributed by atoms with Crippen LogP contribution in [0.2, 0.25) is 0 Å². The highest BCUT2D eigenvalue weighted by Crippen LogP contribution is 2.32. The van der Waals surface area contributed by atoms with Gasteiger partial charge in [-0.1, -0.05) is 26.0 Å². The quantitative estimate of drug-likeness (QED) is 0.354. The third-order valence-corrected chi connectivity index (χ3v) is 6.60. The highest BCUT2D eigenvalue weighted by Gasteiger charge is 2.21. The lowest BCUT2D eigenvalue weighted by Crippen LogP contribution is -2.27. The molecule has 0 atom stereocenters. The van der Waals surface area contributed by atoms with Gasteiger partial charge in [0.1, 0.15) is 10.8 Å². The molecule has 0 unspecified atom stereocenters. The lowest BCUT2D eigenvalue weighted by Gasteiger charge is -2.12. The topological polar surface area (TPSA) is 69.0 Å². The number of aromatic nitrogens is 3. The highest BCUT2D eigenvalue weighted by atomic mass is 32.1. The zero-order valence-electron chi connectivity index (χ0n) is 20.3. The number of pyridine rings is 1. The van der Waals surface area contributed by atoms with E-state index in [1.54, 1.807) is 18.4 Å². The average Bonchev–Trinajstić information content (AvgIpc) is 3.44. The van der Waals surface area contributed by atoms with Crippen LogP contribution in [0.5, 0.6) is 5.75 Å². The van der Waals surface area contributed by atoms with E-state index in [1.807, 2.05) is 67.9 Å². The van der Waals surface area contributed by atoms with Gasteiger partial charge in [0.2, 0.25) is 0 Å². The van der Waals surface area contributed by atoms with Gasteiger partial charge in [-0.2, -0.15) is 0 Å². The Hall–Kier alpha value is -3.45.